The summed E-state index contributed by atoms with van der Waals surface area (Å²) in [7, 11) is 0. The zero-order valence-electron chi connectivity index (χ0n) is 17.4. The highest BCUT2D eigenvalue weighted by Crippen LogP contribution is 2.21. The van der Waals surface area contributed by atoms with E-state index in [0.717, 1.165) is 0 Å². The van der Waals surface area contributed by atoms with Crippen molar-refractivity contribution in [1.82, 2.24) is 29.4 Å². The van der Waals surface area contributed by atoms with Gasteiger partial charge < -0.3 is 9.47 Å². The molecule has 31 heavy (non-hydrogen) atoms. The van der Waals surface area contributed by atoms with Gasteiger partial charge in [-0.15, -0.1) is 0 Å². The van der Waals surface area contributed by atoms with Crippen molar-refractivity contribution in [2.24, 2.45) is 0 Å². The predicted octanol–water partition coefficient (Wildman–Crippen LogP) is 1.73. The Labute approximate surface area is 175 Å². The summed E-state index contributed by atoms with van der Waals surface area (Å²) in [5.74, 6) is -0.973. The molecular weight excluding hydrogens is 404 g/mol. The molecule has 0 aliphatic heterocycles. The van der Waals surface area contributed by atoms with Crippen molar-refractivity contribution in [2.75, 3.05) is 13.2 Å². The lowest BCUT2D eigenvalue weighted by molar-refractivity contribution is 0.0516. The number of aromatic nitrogens is 6. The largest absolute Gasteiger partial charge is 0.462 e. The smallest absolute Gasteiger partial charge is 0.343 e. The molecule has 0 aromatic carbocycles. The summed E-state index contributed by atoms with van der Waals surface area (Å²) in [6.07, 6.45) is 2.86. The van der Waals surface area contributed by atoms with Crippen LogP contribution in [0.1, 0.15) is 46.0 Å². The maximum atomic E-state index is 13.2. The average Bonchev–Trinajstić information content (AvgIpc) is 3.28. The molecule has 0 saturated carbocycles. The molecule has 1 N–H and O–H groups in total. The molecule has 0 atom stereocenters. The fourth-order valence-corrected chi connectivity index (χ4v) is 3.42. The van der Waals surface area contributed by atoms with E-state index >= 15 is 0 Å². The third-order valence-corrected chi connectivity index (χ3v) is 4.80. The van der Waals surface area contributed by atoms with Gasteiger partial charge in [0.15, 0.2) is 11.5 Å². The Morgan fingerprint density at radius 2 is 1.77 bits per heavy atom. The lowest BCUT2D eigenvalue weighted by Gasteiger charge is -2.08. The van der Waals surface area contributed by atoms with Crippen LogP contribution in [0.4, 0.5) is 0 Å². The number of hydrogen-bond donors (Lipinski definition) is 1. The summed E-state index contributed by atoms with van der Waals surface area (Å²) in [5.41, 5.74) is 1.65. The molecule has 0 amide bonds. The summed E-state index contributed by atoms with van der Waals surface area (Å²) < 4.78 is 12.9. The maximum Gasteiger partial charge on any atom is 0.343 e. The molecule has 4 heterocycles. The molecule has 0 spiro atoms. The number of esters is 2. The fraction of sp³-hybridized carbons (Fsp3) is 0.300. The Kier molecular flexibility index (Phi) is 5.01. The number of carbonyl (C=O) groups excluding carboxylic acids is 2. The fourth-order valence-electron chi connectivity index (χ4n) is 3.42. The lowest BCUT2D eigenvalue weighted by Crippen LogP contribution is -2.21. The van der Waals surface area contributed by atoms with Gasteiger partial charge in [-0.05, 0) is 33.8 Å². The van der Waals surface area contributed by atoms with Crippen LogP contribution in [0.3, 0.4) is 0 Å². The molecular formula is C20H20N6O5. The Morgan fingerprint density at radius 3 is 2.45 bits per heavy atom. The number of rotatable bonds is 5. The van der Waals surface area contributed by atoms with Gasteiger partial charge in [-0.2, -0.15) is 10.2 Å². The number of nitrogens with zero attached hydrogens (tertiary/aromatic N) is 5. The minimum absolute atomic E-state index is 0.131. The van der Waals surface area contributed by atoms with E-state index in [4.69, 9.17) is 9.47 Å². The lowest BCUT2D eigenvalue weighted by atomic mass is 10.2. The van der Waals surface area contributed by atoms with Crippen LogP contribution in [-0.2, 0) is 9.47 Å². The highest BCUT2D eigenvalue weighted by molar-refractivity contribution is 5.98. The molecule has 0 saturated heterocycles. The van der Waals surface area contributed by atoms with E-state index in [9.17, 15) is 14.4 Å². The van der Waals surface area contributed by atoms with Crippen LogP contribution in [-0.4, -0.2) is 54.5 Å². The molecule has 0 aliphatic rings. The number of hydrogen-bond acceptors (Lipinski definition) is 8. The molecule has 0 aliphatic carbocycles. The van der Waals surface area contributed by atoms with Gasteiger partial charge in [-0.25, -0.2) is 19.1 Å². The van der Waals surface area contributed by atoms with Crippen molar-refractivity contribution in [3.8, 4) is 5.82 Å². The summed E-state index contributed by atoms with van der Waals surface area (Å²) >= 11 is 0. The van der Waals surface area contributed by atoms with E-state index in [1.165, 1.54) is 21.5 Å². The van der Waals surface area contributed by atoms with Crippen LogP contribution in [0, 0.1) is 13.8 Å². The number of H-pyrrole nitrogens is 1. The first-order valence-corrected chi connectivity index (χ1v) is 9.68. The van der Waals surface area contributed by atoms with E-state index in [0.29, 0.717) is 22.6 Å². The van der Waals surface area contributed by atoms with Gasteiger partial charge in [0.25, 0.3) is 5.56 Å². The second-order valence-corrected chi connectivity index (χ2v) is 6.73. The monoisotopic (exact) mass is 424 g/mol. The molecule has 4 aromatic rings. The number of carbonyl (C=O) groups is 2. The molecule has 4 rings (SSSR count). The zero-order valence-corrected chi connectivity index (χ0v) is 17.4. The van der Waals surface area contributed by atoms with E-state index in [2.05, 4.69) is 20.3 Å². The number of aryl methyl sites for hydroxylation is 2. The molecule has 0 radical (unpaired) electrons. The summed E-state index contributed by atoms with van der Waals surface area (Å²) in [6, 6.07) is 1.64. The van der Waals surface area contributed by atoms with Gasteiger partial charge in [0.05, 0.1) is 29.8 Å². The highest BCUT2D eigenvalue weighted by Gasteiger charge is 2.24. The molecule has 11 heteroatoms. The van der Waals surface area contributed by atoms with Crippen molar-refractivity contribution >= 4 is 28.5 Å². The SMILES string of the molecule is CCOC(=O)c1c(-n2ccc3c(cnc4c(C(=O)OCC)c(C)nn43)c2=O)n[nH]c1C. The Morgan fingerprint density at radius 1 is 1.10 bits per heavy atom. The van der Waals surface area contributed by atoms with Crippen LogP contribution in [0.15, 0.2) is 23.3 Å². The summed E-state index contributed by atoms with van der Waals surface area (Å²) in [5, 5.41) is 11.4. The van der Waals surface area contributed by atoms with E-state index in [1.807, 2.05) is 0 Å². The minimum Gasteiger partial charge on any atom is -0.462 e. The molecule has 0 unspecified atom stereocenters. The zero-order chi connectivity index (χ0) is 22.3. The predicted molar refractivity (Wildman–Crippen MR) is 110 cm³/mol. The first kappa shape index (κ1) is 20.3. The standard InChI is InChI=1S/C20H20N6O5/c1-5-30-19(28)14-10(3)22-23-17(14)25-8-7-13-12(18(25)27)9-21-16-15(20(29)31-6-2)11(4)24-26(13)16/h7-9H,5-6H2,1-4H3,(H,22,23). The third-order valence-electron chi connectivity index (χ3n) is 4.80. The van der Waals surface area contributed by atoms with Gasteiger partial charge >= 0.3 is 11.9 Å². The number of nitrogens with one attached hydrogen (secondary N) is 1. The Bertz CT molecular complexity index is 1400. The maximum absolute atomic E-state index is 13.2. The van der Waals surface area contributed by atoms with Gasteiger partial charge in [-0.1, -0.05) is 0 Å². The van der Waals surface area contributed by atoms with Crippen molar-refractivity contribution in [2.45, 2.75) is 27.7 Å². The Hall–Kier alpha value is -4.02. The second kappa shape index (κ2) is 7.67. The van der Waals surface area contributed by atoms with E-state index in [-0.39, 0.29) is 35.5 Å². The number of ether oxygens (including phenoxy) is 2. The molecule has 0 fully saturated rings. The average molecular weight is 424 g/mol. The third kappa shape index (κ3) is 3.14. The van der Waals surface area contributed by atoms with Crippen molar-refractivity contribution in [1.29, 1.82) is 0 Å². The van der Waals surface area contributed by atoms with Crippen molar-refractivity contribution in [3.05, 3.63) is 51.3 Å². The van der Waals surface area contributed by atoms with Gasteiger partial charge in [0, 0.05) is 18.1 Å². The quantitative estimate of drug-likeness (QED) is 0.479. The second-order valence-electron chi connectivity index (χ2n) is 6.73. The summed E-state index contributed by atoms with van der Waals surface area (Å²) in [6.45, 7) is 7.17. The number of fused-ring (bicyclic) bond motifs is 3. The van der Waals surface area contributed by atoms with Crippen LogP contribution in [0.5, 0.6) is 0 Å². The molecule has 160 valence electrons. The van der Waals surface area contributed by atoms with Crippen LogP contribution >= 0.6 is 0 Å². The van der Waals surface area contributed by atoms with Gasteiger partial charge in [-0.3, -0.25) is 14.5 Å². The first-order chi connectivity index (χ1) is 14.9. The summed E-state index contributed by atoms with van der Waals surface area (Å²) in [4.78, 5) is 42.2. The minimum atomic E-state index is -0.578. The van der Waals surface area contributed by atoms with Crippen LogP contribution < -0.4 is 5.56 Å². The molecule has 0 bridgehead atoms. The van der Waals surface area contributed by atoms with Crippen molar-refractivity contribution in [3.63, 3.8) is 0 Å². The first-order valence-electron chi connectivity index (χ1n) is 9.68. The van der Waals surface area contributed by atoms with Crippen LogP contribution in [0.25, 0.3) is 22.4 Å². The highest BCUT2D eigenvalue weighted by atomic mass is 16.5. The molecule has 11 nitrogen and oxygen atoms in total. The van der Waals surface area contributed by atoms with Gasteiger partial charge in [0.1, 0.15) is 11.1 Å². The number of aromatic amines is 1. The topological polar surface area (TPSA) is 133 Å². The van der Waals surface area contributed by atoms with Gasteiger partial charge in [0.2, 0.25) is 0 Å². The number of pyridine rings is 1. The Balaban J connectivity index is 1.93. The van der Waals surface area contributed by atoms with Crippen molar-refractivity contribution < 1.29 is 19.1 Å². The normalized spacial score (nSPS) is 11.2. The van der Waals surface area contributed by atoms with E-state index < -0.39 is 17.5 Å². The molecule has 4 aromatic heterocycles. The van der Waals surface area contributed by atoms with E-state index in [1.54, 1.807) is 33.8 Å². The van der Waals surface area contributed by atoms with Crippen LogP contribution in [0.2, 0.25) is 0 Å².